The van der Waals surface area contributed by atoms with Gasteiger partial charge in [-0.3, -0.25) is 0 Å². The lowest BCUT2D eigenvalue weighted by Gasteiger charge is -2.23. The molecule has 1 unspecified atom stereocenters. The number of hydrogen-bond donors (Lipinski definition) is 1. The van der Waals surface area contributed by atoms with Crippen LogP contribution in [0.2, 0.25) is 0 Å². The van der Waals surface area contributed by atoms with Crippen LogP contribution in [-0.2, 0) is 10.0 Å². The third-order valence-electron chi connectivity index (χ3n) is 3.31. The van der Waals surface area contributed by atoms with Crippen LogP contribution >= 0.6 is 28.3 Å². The highest BCUT2D eigenvalue weighted by atomic mass is 79.9. The molecule has 20 heavy (non-hydrogen) atoms. The molecule has 1 saturated heterocycles. The summed E-state index contributed by atoms with van der Waals surface area (Å²) >= 11 is 3.30. The van der Waals surface area contributed by atoms with E-state index in [0.717, 1.165) is 12.8 Å². The van der Waals surface area contributed by atoms with Crippen LogP contribution in [0, 0.1) is 0 Å². The van der Waals surface area contributed by atoms with Gasteiger partial charge in [0.25, 0.3) is 0 Å². The maximum atomic E-state index is 12.7. The molecule has 8 heteroatoms. The van der Waals surface area contributed by atoms with Crippen LogP contribution in [-0.4, -0.2) is 39.0 Å². The number of benzene rings is 1. The standard InChI is InChI=1S/C12H17BrN2O3S.ClH/c1-18-11-5-4-9(13)7-12(11)19(16,17)15-6-2-3-10(15)8-14;/h4-5,7,10H,2-3,6,8,14H2,1H3;1H. The first-order valence-corrected chi connectivity index (χ1v) is 8.29. The maximum absolute atomic E-state index is 12.7. The predicted molar refractivity (Wildman–Crippen MR) is 83.9 cm³/mol. The van der Waals surface area contributed by atoms with Gasteiger partial charge in [-0.1, -0.05) is 15.9 Å². The van der Waals surface area contributed by atoms with Crippen LogP contribution in [0.4, 0.5) is 0 Å². The van der Waals surface area contributed by atoms with Crippen LogP contribution in [0.5, 0.6) is 5.75 Å². The molecule has 0 radical (unpaired) electrons. The van der Waals surface area contributed by atoms with Gasteiger partial charge in [-0.05, 0) is 31.0 Å². The average molecular weight is 386 g/mol. The van der Waals surface area contributed by atoms with Gasteiger partial charge in [0.2, 0.25) is 10.0 Å². The molecule has 1 aliphatic heterocycles. The molecule has 1 aromatic carbocycles. The Morgan fingerprint density at radius 1 is 1.50 bits per heavy atom. The summed E-state index contributed by atoms with van der Waals surface area (Å²) in [5.74, 6) is 0.353. The van der Waals surface area contributed by atoms with Gasteiger partial charge in [0.15, 0.2) is 0 Å². The Hall–Kier alpha value is -0.340. The molecule has 5 nitrogen and oxygen atoms in total. The normalized spacial score (nSPS) is 19.6. The van der Waals surface area contributed by atoms with Crippen molar-refractivity contribution in [3.05, 3.63) is 22.7 Å². The highest BCUT2D eigenvalue weighted by Gasteiger charge is 2.36. The minimum Gasteiger partial charge on any atom is -0.495 e. The van der Waals surface area contributed by atoms with Crippen molar-refractivity contribution in [3.63, 3.8) is 0 Å². The second kappa shape index (κ2) is 7.09. The Morgan fingerprint density at radius 2 is 2.20 bits per heavy atom. The lowest BCUT2D eigenvalue weighted by Crippen LogP contribution is -2.39. The van der Waals surface area contributed by atoms with Crippen LogP contribution in [0.3, 0.4) is 0 Å². The van der Waals surface area contributed by atoms with Crippen molar-refractivity contribution < 1.29 is 13.2 Å². The molecule has 1 aliphatic rings. The summed E-state index contributed by atoms with van der Waals surface area (Å²) in [6.45, 7) is 0.857. The molecule has 1 heterocycles. The number of nitrogens with zero attached hydrogens (tertiary/aromatic N) is 1. The van der Waals surface area contributed by atoms with Gasteiger partial charge in [0.1, 0.15) is 10.6 Å². The topological polar surface area (TPSA) is 72.6 Å². The minimum atomic E-state index is -3.57. The van der Waals surface area contributed by atoms with Gasteiger partial charge in [0, 0.05) is 23.6 Å². The fraction of sp³-hybridized carbons (Fsp3) is 0.500. The van der Waals surface area contributed by atoms with E-state index in [1.165, 1.54) is 11.4 Å². The van der Waals surface area contributed by atoms with Crippen molar-refractivity contribution in [3.8, 4) is 5.75 Å². The summed E-state index contributed by atoms with van der Waals surface area (Å²) in [6.07, 6.45) is 1.66. The van der Waals surface area contributed by atoms with Crippen LogP contribution < -0.4 is 10.5 Å². The number of nitrogens with two attached hydrogens (primary N) is 1. The lowest BCUT2D eigenvalue weighted by molar-refractivity contribution is 0.379. The smallest absolute Gasteiger partial charge is 0.247 e. The zero-order chi connectivity index (χ0) is 14.0. The Bertz CT molecular complexity index is 568. The largest absolute Gasteiger partial charge is 0.495 e. The van der Waals surface area contributed by atoms with Gasteiger partial charge < -0.3 is 10.5 Å². The summed E-state index contributed by atoms with van der Waals surface area (Å²) in [5.41, 5.74) is 5.65. The lowest BCUT2D eigenvalue weighted by atomic mass is 10.2. The maximum Gasteiger partial charge on any atom is 0.247 e. The number of rotatable bonds is 4. The van der Waals surface area contributed by atoms with E-state index in [2.05, 4.69) is 15.9 Å². The third kappa shape index (κ3) is 3.28. The van der Waals surface area contributed by atoms with E-state index in [1.807, 2.05) is 0 Å². The van der Waals surface area contributed by atoms with E-state index in [-0.39, 0.29) is 23.3 Å². The second-order valence-electron chi connectivity index (χ2n) is 4.44. The number of hydrogen-bond acceptors (Lipinski definition) is 4. The second-order valence-corrected chi connectivity index (χ2v) is 7.22. The van der Waals surface area contributed by atoms with Crippen molar-refractivity contribution in [2.75, 3.05) is 20.2 Å². The predicted octanol–water partition coefficient (Wildman–Crippen LogP) is 1.99. The van der Waals surface area contributed by atoms with Gasteiger partial charge in [-0.2, -0.15) is 4.31 Å². The summed E-state index contributed by atoms with van der Waals surface area (Å²) in [4.78, 5) is 0.185. The minimum absolute atomic E-state index is 0. The molecule has 0 aliphatic carbocycles. The van der Waals surface area contributed by atoms with Crippen LogP contribution in [0.1, 0.15) is 12.8 Å². The van der Waals surface area contributed by atoms with E-state index >= 15 is 0 Å². The molecule has 1 fully saturated rings. The summed E-state index contributed by atoms with van der Waals surface area (Å²) in [6, 6.07) is 4.85. The summed E-state index contributed by atoms with van der Waals surface area (Å²) in [5, 5.41) is 0. The van der Waals surface area contributed by atoms with E-state index in [9.17, 15) is 8.42 Å². The number of methoxy groups -OCH3 is 1. The first-order valence-electron chi connectivity index (χ1n) is 6.06. The van der Waals surface area contributed by atoms with Crippen molar-refractivity contribution in [2.45, 2.75) is 23.8 Å². The molecule has 1 atom stereocenters. The Kier molecular flexibility index (Phi) is 6.27. The fourth-order valence-electron chi connectivity index (χ4n) is 2.34. The van der Waals surface area contributed by atoms with Crippen LogP contribution in [0.25, 0.3) is 0 Å². The molecule has 0 spiro atoms. The zero-order valence-electron chi connectivity index (χ0n) is 11.1. The Balaban J connectivity index is 0.00000200. The van der Waals surface area contributed by atoms with E-state index < -0.39 is 10.0 Å². The van der Waals surface area contributed by atoms with Crippen molar-refractivity contribution in [1.82, 2.24) is 4.31 Å². The molecular formula is C12H18BrClN2O3S. The number of halogens is 2. The highest BCUT2D eigenvalue weighted by molar-refractivity contribution is 9.10. The molecule has 114 valence electrons. The molecule has 1 aromatic rings. The highest BCUT2D eigenvalue weighted by Crippen LogP contribution is 2.33. The third-order valence-corrected chi connectivity index (χ3v) is 5.77. The van der Waals surface area contributed by atoms with E-state index in [0.29, 0.717) is 23.3 Å². The SMILES string of the molecule is COc1ccc(Br)cc1S(=O)(=O)N1CCCC1CN.Cl. The molecule has 0 aromatic heterocycles. The molecular weight excluding hydrogens is 368 g/mol. The molecule has 2 rings (SSSR count). The van der Waals surface area contributed by atoms with Crippen molar-refractivity contribution >= 4 is 38.4 Å². The number of sulfonamides is 1. The van der Waals surface area contributed by atoms with E-state index in [4.69, 9.17) is 10.5 Å². The van der Waals surface area contributed by atoms with E-state index in [1.54, 1.807) is 18.2 Å². The molecule has 2 N–H and O–H groups in total. The van der Waals surface area contributed by atoms with Gasteiger partial charge >= 0.3 is 0 Å². The summed E-state index contributed by atoms with van der Waals surface area (Å²) < 4.78 is 32.8. The molecule has 0 saturated carbocycles. The average Bonchev–Trinajstić information content (AvgIpc) is 2.87. The molecule has 0 amide bonds. The van der Waals surface area contributed by atoms with Crippen molar-refractivity contribution in [2.24, 2.45) is 5.73 Å². The summed E-state index contributed by atoms with van der Waals surface area (Å²) in [7, 11) is -2.10. The zero-order valence-corrected chi connectivity index (χ0v) is 14.3. The molecule has 0 bridgehead atoms. The van der Waals surface area contributed by atoms with Gasteiger partial charge in [0.05, 0.1) is 7.11 Å². The first-order chi connectivity index (χ1) is 9.00. The monoisotopic (exact) mass is 384 g/mol. The van der Waals surface area contributed by atoms with Crippen LogP contribution in [0.15, 0.2) is 27.6 Å². The fourth-order valence-corrected chi connectivity index (χ4v) is 4.74. The number of ether oxygens (including phenoxy) is 1. The Morgan fingerprint density at radius 3 is 2.80 bits per heavy atom. The van der Waals surface area contributed by atoms with Crippen molar-refractivity contribution in [1.29, 1.82) is 0 Å². The Labute approximate surface area is 134 Å². The quantitative estimate of drug-likeness (QED) is 0.860. The van der Waals surface area contributed by atoms with Gasteiger partial charge in [-0.15, -0.1) is 12.4 Å². The van der Waals surface area contributed by atoms with Gasteiger partial charge in [-0.25, -0.2) is 8.42 Å². The first kappa shape index (κ1) is 17.7.